The Morgan fingerprint density at radius 2 is 2.29 bits per heavy atom. The molecule has 0 saturated carbocycles. The van der Waals surface area contributed by atoms with E-state index in [1.165, 1.54) is 40.3 Å². The Labute approximate surface area is 130 Å². The van der Waals surface area contributed by atoms with E-state index >= 15 is 0 Å². The SMILES string of the molecule is Cc1[nH]ncc1CCCNC1CSCCc2ccccc21. The number of thioether (sulfide) groups is 1. The van der Waals surface area contributed by atoms with Crippen LogP contribution in [0.25, 0.3) is 0 Å². The standard InChI is InChI=1S/C17H23N3S/c1-13-15(11-19-20-13)6-4-9-18-17-12-21-10-8-14-5-2-3-7-16(14)17/h2-3,5,7,11,17-18H,4,6,8-10,12H2,1H3,(H,19,20). The lowest BCUT2D eigenvalue weighted by Crippen LogP contribution is -2.25. The maximum Gasteiger partial charge on any atom is 0.0522 e. The van der Waals surface area contributed by atoms with Crippen LogP contribution in [0, 0.1) is 6.92 Å². The summed E-state index contributed by atoms with van der Waals surface area (Å²) >= 11 is 2.06. The van der Waals surface area contributed by atoms with Crippen molar-refractivity contribution in [2.24, 2.45) is 0 Å². The smallest absolute Gasteiger partial charge is 0.0522 e. The third-order valence-corrected chi connectivity index (χ3v) is 5.24. The third-order valence-electron chi connectivity index (χ3n) is 4.18. The Bertz CT molecular complexity index is 579. The van der Waals surface area contributed by atoms with Crippen molar-refractivity contribution in [3.63, 3.8) is 0 Å². The van der Waals surface area contributed by atoms with E-state index in [9.17, 15) is 0 Å². The molecule has 2 heterocycles. The van der Waals surface area contributed by atoms with E-state index in [-0.39, 0.29) is 0 Å². The highest BCUT2D eigenvalue weighted by molar-refractivity contribution is 7.99. The zero-order chi connectivity index (χ0) is 14.5. The van der Waals surface area contributed by atoms with Crippen molar-refractivity contribution in [3.05, 3.63) is 52.8 Å². The minimum Gasteiger partial charge on any atom is -0.309 e. The first-order valence-electron chi connectivity index (χ1n) is 7.72. The number of nitrogens with zero attached hydrogens (tertiary/aromatic N) is 1. The molecule has 21 heavy (non-hydrogen) atoms. The Balaban J connectivity index is 1.54. The van der Waals surface area contributed by atoms with Crippen LogP contribution in [0.5, 0.6) is 0 Å². The molecule has 0 bridgehead atoms. The van der Waals surface area contributed by atoms with Crippen molar-refractivity contribution in [1.82, 2.24) is 15.5 Å². The molecule has 2 aromatic rings. The largest absolute Gasteiger partial charge is 0.309 e. The molecule has 1 aliphatic heterocycles. The molecule has 0 fully saturated rings. The van der Waals surface area contributed by atoms with Crippen molar-refractivity contribution < 1.29 is 0 Å². The summed E-state index contributed by atoms with van der Waals surface area (Å²) in [5, 5.41) is 10.8. The summed E-state index contributed by atoms with van der Waals surface area (Å²) < 4.78 is 0. The number of nitrogens with one attached hydrogen (secondary N) is 2. The van der Waals surface area contributed by atoms with Gasteiger partial charge in [0.15, 0.2) is 0 Å². The minimum atomic E-state index is 0.499. The predicted octanol–water partition coefficient (Wildman–Crippen LogP) is 3.27. The monoisotopic (exact) mass is 301 g/mol. The van der Waals surface area contributed by atoms with Gasteiger partial charge in [0.2, 0.25) is 0 Å². The van der Waals surface area contributed by atoms with E-state index in [4.69, 9.17) is 0 Å². The average Bonchev–Trinajstić information content (AvgIpc) is 2.80. The summed E-state index contributed by atoms with van der Waals surface area (Å²) in [5.74, 6) is 2.42. The first-order chi connectivity index (χ1) is 10.3. The zero-order valence-electron chi connectivity index (χ0n) is 12.6. The number of aryl methyl sites for hydroxylation is 3. The Kier molecular flexibility index (Phi) is 4.99. The summed E-state index contributed by atoms with van der Waals surface area (Å²) in [6.07, 6.45) is 5.40. The fourth-order valence-corrected chi connectivity index (χ4v) is 3.99. The number of fused-ring (bicyclic) bond motifs is 1. The van der Waals surface area contributed by atoms with Crippen LogP contribution in [-0.4, -0.2) is 28.2 Å². The Morgan fingerprint density at radius 3 is 3.14 bits per heavy atom. The highest BCUT2D eigenvalue weighted by Crippen LogP contribution is 2.27. The fraction of sp³-hybridized carbons (Fsp3) is 0.471. The lowest BCUT2D eigenvalue weighted by Gasteiger charge is -2.19. The molecule has 0 amide bonds. The van der Waals surface area contributed by atoms with Crippen molar-refractivity contribution in [2.75, 3.05) is 18.1 Å². The summed E-state index contributed by atoms with van der Waals surface area (Å²) in [6, 6.07) is 9.40. The topological polar surface area (TPSA) is 40.7 Å². The van der Waals surface area contributed by atoms with E-state index < -0.39 is 0 Å². The van der Waals surface area contributed by atoms with Gasteiger partial charge in [0.1, 0.15) is 0 Å². The zero-order valence-corrected chi connectivity index (χ0v) is 13.4. The molecular formula is C17H23N3S. The maximum atomic E-state index is 4.08. The van der Waals surface area contributed by atoms with Gasteiger partial charge in [-0.3, -0.25) is 5.10 Å². The Morgan fingerprint density at radius 1 is 1.38 bits per heavy atom. The highest BCUT2D eigenvalue weighted by Gasteiger charge is 2.17. The van der Waals surface area contributed by atoms with Crippen LogP contribution >= 0.6 is 11.8 Å². The van der Waals surface area contributed by atoms with Gasteiger partial charge >= 0.3 is 0 Å². The maximum absolute atomic E-state index is 4.08. The van der Waals surface area contributed by atoms with Crippen LogP contribution in [-0.2, 0) is 12.8 Å². The molecule has 112 valence electrons. The molecule has 1 unspecified atom stereocenters. The molecule has 4 heteroatoms. The van der Waals surface area contributed by atoms with Gasteiger partial charge in [0, 0.05) is 17.5 Å². The van der Waals surface area contributed by atoms with Gasteiger partial charge in [-0.15, -0.1) is 0 Å². The average molecular weight is 301 g/mol. The van der Waals surface area contributed by atoms with Gasteiger partial charge in [-0.2, -0.15) is 16.9 Å². The van der Waals surface area contributed by atoms with Crippen LogP contribution in [0.2, 0.25) is 0 Å². The molecular weight excluding hydrogens is 278 g/mol. The van der Waals surface area contributed by atoms with Gasteiger partial charge in [-0.25, -0.2) is 0 Å². The van der Waals surface area contributed by atoms with Crippen LogP contribution in [0.15, 0.2) is 30.5 Å². The third kappa shape index (κ3) is 3.69. The number of benzene rings is 1. The second kappa shape index (κ2) is 7.14. The minimum absolute atomic E-state index is 0.499. The molecule has 1 aromatic carbocycles. The lowest BCUT2D eigenvalue weighted by molar-refractivity contribution is 0.563. The van der Waals surface area contributed by atoms with Crippen molar-refractivity contribution in [3.8, 4) is 0 Å². The first kappa shape index (κ1) is 14.7. The van der Waals surface area contributed by atoms with Gasteiger partial charge in [0.25, 0.3) is 0 Å². The first-order valence-corrected chi connectivity index (χ1v) is 8.88. The molecule has 3 nitrogen and oxygen atoms in total. The molecule has 0 radical (unpaired) electrons. The van der Waals surface area contributed by atoms with E-state index in [0.29, 0.717) is 6.04 Å². The van der Waals surface area contributed by atoms with Crippen LogP contribution in [0.4, 0.5) is 0 Å². The number of hydrogen-bond donors (Lipinski definition) is 2. The second-order valence-electron chi connectivity index (χ2n) is 5.65. The van der Waals surface area contributed by atoms with Crippen molar-refractivity contribution >= 4 is 11.8 Å². The van der Waals surface area contributed by atoms with E-state index in [0.717, 1.165) is 19.4 Å². The highest BCUT2D eigenvalue weighted by atomic mass is 32.2. The van der Waals surface area contributed by atoms with Crippen molar-refractivity contribution in [2.45, 2.75) is 32.2 Å². The number of rotatable bonds is 5. The summed E-state index contributed by atoms with van der Waals surface area (Å²) in [6.45, 7) is 3.15. The summed E-state index contributed by atoms with van der Waals surface area (Å²) in [7, 11) is 0. The van der Waals surface area contributed by atoms with E-state index in [2.05, 4.69) is 58.5 Å². The molecule has 1 aliphatic rings. The van der Waals surface area contributed by atoms with Gasteiger partial charge in [-0.05, 0) is 55.2 Å². The molecule has 1 atom stereocenters. The quantitative estimate of drug-likeness (QED) is 0.833. The summed E-state index contributed by atoms with van der Waals surface area (Å²) in [5.41, 5.74) is 5.56. The lowest BCUT2D eigenvalue weighted by atomic mass is 9.99. The number of H-pyrrole nitrogens is 1. The molecule has 3 rings (SSSR count). The molecule has 2 N–H and O–H groups in total. The molecule has 0 spiro atoms. The normalized spacial score (nSPS) is 18.2. The fourth-order valence-electron chi connectivity index (χ4n) is 2.93. The predicted molar refractivity (Wildman–Crippen MR) is 89.9 cm³/mol. The van der Waals surface area contributed by atoms with Crippen LogP contribution in [0.3, 0.4) is 0 Å². The van der Waals surface area contributed by atoms with Gasteiger partial charge in [-0.1, -0.05) is 24.3 Å². The van der Waals surface area contributed by atoms with E-state index in [1.807, 2.05) is 6.20 Å². The number of aromatic nitrogens is 2. The van der Waals surface area contributed by atoms with Crippen LogP contribution < -0.4 is 5.32 Å². The molecule has 0 saturated heterocycles. The second-order valence-corrected chi connectivity index (χ2v) is 6.80. The molecule has 0 aliphatic carbocycles. The number of aromatic amines is 1. The van der Waals surface area contributed by atoms with Gasteiger partial charge < -0.3 is 5.32 Å². The van der Waals surface area contributed by atoms with Gasteiger partial charge in [0.05, 0.1) is 6.20 Å². The van der Waals surface area contributed by atoms with Crippen LogP contribution in [0.1, 0.15) is 34.8 Å². The Hall–Kier alpha value is -1.26. The number of hydrogen-bond acceptors (Lipinski definition) is 3. The molecule has 1 aromatic heterocycles. The summed E-state index contributed by atoms with van der Waals surface area (Å²) in [4.78, 5) is 0. The van der Waals surface area contributed by atoms with E-state index in [1.54, 1.807) is 0 Å². The van der Waals surface area contributed by atoms with Crippen molar-refractivity contribution in [1.29, 1.82) is 0 Å².